The minimum absolute atomic E-state index is 0.0131. The molecule has 0 bridgehead atoms. The Morgan fingerprint density at radius 2 is 1.84 bits per heavy atom. The fraction of sp³-hybridized carbons (Fsp3) is 0.143. The second kappa shape index (κ2) is 7.90. The summed E-state index contributed by atoms with van der Waals surface area (Å²) in [4.78, 5) is 21.6. The van der Waals surface area contributed by atoms with Gasteiger partial charge in [0.2, 0.25) is 0 Å². The highest BCUT2D eigenvalue weighted by atomic mass is 19.1. The van der Waals surface area contributed by atoms with Crippen molar-refractivity contribution in [3.63, 3.8) is 0 Å². The molecule has 0 aliphatic heterocycles. The molecule has 9 nitrogen and oxygen atoms in total. The number of nitrogen functional groups attached to an aromatic ring is 2. The van der Waals surface area contributed by atoms with E-state index in [-0.39, 0.29) is 29.0 Å². The third kappa shape index (κ3) is 3.70. The van der Waals surface area contributed by atoms with E-state index in [9.17, 15) is 9.18 Å². The van der Waals surface area contributed by atoms with Crippen LogP contribution in [-0.2, 0) is 11.3 Å². The van der Waals surface area contributed by atoms with Gasteiger partial charge in [0.1, 0.15) is 17.2 Å². The molecule has 0 unspecified atom stereocenters. The van der Waals surface area contributed by atoms with Crippen molar-refractivity contribution in [3.05, 3.63) is 59.9 Å². The number of fused-ring (bicyclic) bond motifs is 1. The summed E-state index contributed by atoms with van der Waals surface area (Å²) in [7, 11) is 2.71. The van der Waals surface area contributed by atoms with Gasteiger partial charge in [-0.15, -0.1) is 0 Å². The van der Waals surface area contributed by atoms with Gasteiger partial charge in [-0.1, -0.05) is 30.3 Å². The van der Waals surface area contributed by atoms with E-state index in [0.717, 1.165) is 21.4 Å². The molecule has 4 aromatic rings. The smallest absolute Gasteiger partial charge is 0.413 e. The number of hydrogen-bond acceptors (Lipinski definition) is 7. The summed E-state index contributed by atoms with van der Waals surface area (Å²) in [5.74, 6) is -0.0760. The molecule has 2 aromatic heterocycles. The molecule has 0 saturated heterocycles. The van der Waals surface area contributed by atoms with Crippen LogP contribution in [0.4, 0.5) is 26.5 Å². The maximum Gasteiger partial charge on any atom is 0.413 e. The summed E-state index contributed by atoms with van der Waals surface area (Å²) in [5, 5.41) is 5.43. The molecule has 0 aliphatic carbocycles. The number of nitrogens with zero attached hydrogens (tertiary/aromatic N) is 5. The fourth-order valence-corrected chi connectivity index (χ4v) is 3.39. The zero-order valence-corrected chi connectivity index (χ0v) is 16.9. The van der Waals surface area contributed by atoms with Crippen LogP contribution in [0.5, 0.6) is 0 Å². The molecule has 31 heavy (non-hydrogen) atoms. The van der Waals surface area contributed by atoms with E-state index in [0.29, 0.717) is 12.2 Å². The zero-order valence-electron chi connectivity index (χ0n) is 16.9. The number of nitrogens with two attached hydrogens (primary N) is 2. The Kier molecular flexibility index (Phi) is 5.12. The lowest BCUT2D eigenvalue weighted by Crippen LogP contribution is -2.28. The molecule has 1 amide bonds. The molecule has 2 aromatic carbocycles. The minimum Gasteiger partial charge on any atom is -0.452 e. The van der Waals surface area contributed by atoms with Crippen molar-refractivity contribution >= 4 is 34.3 Å². The predicted molar refractivity (Wildman–Crippen MR) is 116 cm³/mol. The number of carbonyl (C=O) groups excluding carboxylic acids is 1. The fourth-order valence-electron chi connectivity index (χ4n) is 3.39. The standard InChI is InChI=1S/C21H20FN7O2/c1-28(21(30)31-2)17-18(23)25-20(26-19(17)24)16-14-8-3-4-9-15(14)29(27-16)11-12-6-5-7-13(22)10-12/h3-10H,11H2,1-2H3,(H4,23,24,25,26). The first-order valence-electron chi connectivity index (χ1n) is 9.34. The van der Waals surface area contributed by atoms with E-state index in [1.165, 1.54) is 26.3 Å². The molecular formula is C21H20FN7O2. The number of methoxy groups -OCH3 is 1. The Bertz CT molecular complexity index is 1260. The Morgan fingerprint density at radius 1 is 1.13 bits per heavy atom. The highest BCUT2D eigenvalue weighted by Gasteiger charge is 2.22. The van der Waals surface area contributed by atoms with Crippen LogP contribution < -0.4 is 16.4 Å². The molecule has 2 heterocycles. The molecule has 4 rings (SSSR count). The van der Waals surface area contributed by atoms with Gasteiger partial charge < -0.3 is 16.2 Å². The van der Waals surface area contributed by atoms with Crippen LogP contribution in [0.15, 0.2) is 48.5 Å². The lowest BCUT2D eigenvalue weighted by Gasteiger charge is -2.18. The van der Waals surface area contributed by atoms with E-state index in [1.807, 2.05) is 30.3 Å². The second-order valence-electron chi connectivity index (χ2n) is 6.85. The summed E-state index contributed by atoms with van der Waals surface area (Å²) in [6, 6.07) is 13.9. The number of halogens is 1. The predicted octanol–water partition coefficient (Wildman–Crippen LogP) is 3.05. The Balaban J connectivity index is 1.81. The average molecular weight is 421 g/mol. The number of benzene rings is 2. The van der Waals surface area contributed by atoms with Crippen LogP contribution in [0.2, 0.25) is 0 Å². The number of para-hydroxylation sites is 1. The van der Waals surface area contributed by atoms with Gasteiger partial charge >= 0.3 is 6.09 Å². The van der Waals surface area contributed by atoms with Gasteiger partial charge in [-0.25, -0.2) is 19.2 Å². The normalized spacial score (nSPS) is 10.9. The van der Waals surface area contributed by atoms with Crippen LogP contribution in [0.25, 0.3) is 22.4 Å². The van der Waals surface area contributed by atoms with Gasteiger partial charge in [0, 0.05) is 12.4 Å². The van der Waals surface area contributed by atoms with Crippen molar-refractivity contribution in [2.75, 3.05) is 30.5 Å². The lowest BCUT2D eigenvalue weighted by molar-refractivity contribution is 0.180. The lowest BCUT2D eigenvalue weighted by atomic mass is 10.2. The van der Waals surface area contributed by atoms with Crippen LogP contribution >= 0.6 is 0 Å². The van der Waals surface area contributed by atoms with Crippen molar-refractivity contribution in [1.82, 2.24) is 19.7 Å². The summed E-state index contributed by atoms with van der Waals surface area (Å²) in [6.07, 6.45) is -0.653. The summed E-state index contributed by atoms with van der Waals surface area (Å²) >= 11 is 0. The topological polar surface area (TPSA) is 125 Å². The molecule has 4 N–H and O–H groups in total. The molecule has 0 aliphatic rings. The maximum atomic E-state index is 13.6. The van der Waals surface area contributed by atoms with Crippen molar-refractivity contribution < 1.29 is 13.9 Å². The number of ether oxygens (including phenoxy) is 1. The highest BCUT2D eigenvalue weighted by Crippen LogP contribution is 2.32. The van der Waals surface area contributed by atoms with E-state index >= 15 is 0 Å². The first kappa shape index (κ1) is 20.1. The summed E-state index contributed by atoms with van der Waals surface area (Å²) < 4.78 is 20.0. The molecule has 0 fully saturated rings. The van der Waals surface area contributed by atoms with E-state index in [2.05, 4.69) is 15.1 Å². The first-order valence-corrected chi connectivity index (χ1v) is 9.34. The number of hydrogen-bond donors (Lipinski definition) is 2. The molecular weight excluding hydrogens is 401 g/mol. The number of aromatic nitrogens is 4. The molecule has 10 heteroatoms. The monoisotopic (exact) mass is 421 g/mol. The third-order valence-electron chi connectivity index (χ3n) is 4.81. The molecule has 0 radical (unpaired) electrons. The van der Waals surface area contributed by atoms with Crippen molar-refractivity contribution in [2.45, 2.75) is 6.54 Å². The van der Waals surface area contributed by atoms with Gasteiger partial charge in [0.05, 0.1) is 19.2 Å². The molecule has 0 saturated carbocycles. The van der Waals surface area contributed by atoms with Gasteiger partial charge in [-0.2, -0.15) is 5.10 Å². The third-order valence-corrected chi connectivity index (χ3v) is 4.81. The highest BCUT2D eigenvalue weighted by molar-refractivity contribution is 5.96. The Morgan fingerprint density at radius 3 is 2.52 bits per heavy atom. The quantitative estimate of drug-likeness (QED) is 0.519. The molecule has 0 spiro atoms. The van der Waals surface area contributed by atoms with Crippen molar-refractivity contribution in [3.8, 4) is 11.5 Å². The molecule has 158 valence electrons. The number of anilines is 3. The van der Waals surface area contributed by atoms with E-state index in [1.54, 1.807) is 10.7 Å². The minimum atomic E-state index is -0.653. The average Bonchev–Trinajstić information content (AvgIpc) is 3.11. The maximum absolute atomic E-state index is 13.6. The van der Waals surface area contributed by atoms with Crippen LogP contribution in [0.3, 0.4) is 0 Å². The Hall–Kier alpha value is -4.21. The van der Waals surface area contributed by atoms with Gasteiger partial charge in [0.15, 0.2) is 17.5 Å². The Labute approximate surface area is 177 Å². The van der Waals surface area contributed by atoms with Gasteiger partial charge in [-0.05, 0) is 23.8 Å². The first-order chi connectivity index (χ1) is 14.9. The van der Waals surface area contributed by atoms with E-state index in [4.69, 9.17) is 16.2 Å². The number of amides is 1. The zero-order chi connectivity index (χ0) is 22.1. The van der Waals surface area contributed by atoms with E-state index < -0.39 is 6.09 Å². The van der Waals surface area contributed by atoms with Crippen LogP contribution in [-0.4, -0.2) is 40.0 Å². The summed E-state index contributed by atoms with van der Waals surface area (Å²) in [6.45, 7) is 0.354. The van der Waals surface area contributed by atoms with Gasteiger partial charge in [0.25, 0.3) is 0 Å². The number of rotatable bonds is 4. The van der Waals surface area contributed by atoms with Crippen LogP contribution in [0, 0.1) is 5.82 Å². The number of carbonyl (C=O) groups is 1. The SMILES string of the molecule is COC(=O)N(C)c1c(N)nc(-c2nn(Cc3cccc(F)c3)c3ccccc23)nc1N. The van der Waals surface area contributed by atoms with Crippen LogP contribution in [0.1, 0.15) is 5.56 Å². The summed E-state index contributed by atoms with van der Waals surface area (Å²) in [5.41, 5.74) is 14.4. The van der Waals surface area contributed by atoms with Gasteiger partial charge in [-0.3, -0.25) is 9.58 Å². The second-order valence-corrected chi connectivity index (χ2v) is 6.85. The van der Waals surface area contributed by atoms with Crippen molar-refractivity contribution in [1.29, 1.82) is 0 Å². The molecule has 0 atom stereocenters. The van der Waals surface area contributed by atoms with Crippen molar-refractivity contribution in [2.24, 2.45) is 0 Å². The largest absolute Gasteiger partial charge is 0.452 e.